The largest absolute Gasteiger partial charge is 0.480 e. The molecule has 8 nitrogen and oxygen atoms in total. The average molecular weight is 259 g/mol. The molecule has 1 aliphatic rings. The third kappa shape index (κ3) is 3.88. The Morgan fingerprint density at radius 1 is 1.28 bits per heavy atom. The Labute approximate surface area is 104 Å². The molecule has 1 aliphatic heterocycles. The number of carbonyl (C=O) groups is 3. The highest BCUT2D eigenvalue weighted by atomic mass is 16.4. The first kappa shape index (κ1) is 14.2. The van der Waals surface area contributed by atoms with Gasteiger partial charge < -0.3 is 25.7 Å². The minimum absolute atomic E-state index is 0.00291. The van der Waals surface area contributed by atoms with Gasteiger partial charge in [0, 0.05) is 33.0 Å². The zero-order valence-electron chi connectivity index (χ0n) is 10.0. The molecule has 0 saturated carbocycles. The molecule has 0 aromatic heterocycles. The summed E-state index contributed by atoms with van der Waals surface area (Å²) in [5.74, 6) is -1.34. The van der Waals surface area contributed by atoms with E-state index >= 15 is 0 Å². The lowest BCUT2D eigenvalue weighted by Gasteiger charge is -2.21. The third-order valence-corrected chi connectivity index (χ3v) is 2.60. The summed E-state index contributed by atoms with van der Waals surface area (Å²) in [6.45, 7) is 1.84. The van der Waals surface area contributed by atoms with Crippen molar-refractivity contribution >= 4 is 17.9 Å². The number of rotatable bonds is 4. The molecule has 8 heteroatoms. The second kappa shape index (κ2) is 6.20. The number of amides is 3. The van der Waals surface area contributed by atoms with E-state index in [1.54, 1.807) is 0 Å². The maximum absolute atomic E-state index is 11.7. The van der Waals surface area contributed by atoms with Crippen molar-refractivity contribution in [3.05, 3.63) is 0 Å². The van der Waals surface area contributed by atoms with E-state index in [2.05, 4.69) is 10.6 Å². The Balaban J connectivity index is 2.40. The van der Waals surface area contributed by atoms with Crippen LogP contribution in [0.2, 0.25) is 0 Å². The standard InChI is InChI=1S/C10H17N3O5/c1-6(14)11-2-3-12-10(18)13-5-7(15)4-8(13)9(16)17/h7-8,15H,2-5H2,1H3,(H,11,14)(H,12,18)(H,16,17)/t7-,8-/m1/s1. The highest BCUT2D eigenvalue weighted by molar-refractivity contribution is 5.83. The topological polar surface area (TPSA) is 119 Å². The lowest BCUT2D eigenvalue weighted by atomic mass is 10.2. The van der Waals surface area contributed by atoms with E-state index < -0.39 is 24.1 Å². The monoisotopic (exact) mass is 259 g/mol. The van der Waals surface area contributed by atoms with E-state index in [0.29, 0.717) is 0 Å². The lowest BCUT2D eigenvalue weighted by Crippen LogP contribution is -2.47. The van der Waals surface area contributed by atoms with Crippen LogP contribution in [0.3, 0.4) is 0 Å². The Kier molecular flexibility index (Phi) is 4.90. The number of hydrogen-bond donors (Lipinski definition) is 4. The summed E-state index contributed by atoms with van der Waals surface area (Å²) in [6, 6.07) is -1.55. The minimum atomic E-state index is -1.14. The first-order valence-electron chi connectivity index (χ1n) is 5.61. The van der Waals surface area contributed by atoms with Crippen LogP contribution in [-0.4, -0.2) is 64.8 Å². The number of β-amino-alcohol motifs (C(OH)–C–C–N with tert-alkyl or cyclic N) is 1. The SMILES string of the molecule is CC(=O)NCCNC(=O)N1C[C@H](O)C[C@@H]1C(=O)O. The van der Waals surface area contributed by atoms with Gasteiger partial charge in [0.2, 0.25) is 5.91 Å². The number of urea groups is 1. The number of likely N-dealkylation sites (tertiary alicyclic amines) is 1. The van der Waals surface area contributed by atoms with Crippen molar-refractivity contribution in [2.24, 2.45) is 0 Å². The van der Waals surface area contributed by atoms with Crippen molar-refractivity contribution in [2.45, 2.75) is 25.5 Å². The number of nitrogens with zero attached hydrogens (tertiary/aromatic N) is 1. The summed E-state index contributed by atoms with van der Waals surface area (Å²) in [5.41, 5.74) is 0. The fourth-order valence-corrected chi connectivity index (χ4v) is 1.78. The van der Waals surface area contributed by atoms with Crippen LogP contribution in [0.15, 0.2) is 0 Å². The highest BCUT2D eigenvalue weighted by Crippen LogP contribution is 2.17. The molecule has 0 spiro atoms. The summed E-state index contributed by atoms with van der Waals surface area (Å²) in [4.78, 5) is 34.2. The molecule has 0 unspecified atom stereocenters. The first-order chi connectivity index (χ1) is 8.41. The molecule has 0 aromatic carbocycles. The van der Waals surface area contributed by atoms with Crippen molar-refractivity contribution in [1.82, 2.24) is 15.5 Å². The molecule has 102 valence electrons. The lowest BCUT2D eigenvalue weighted by molar-refractivity contribution is -0.141. The van der Waals surface area contributed by atoms with Gasteiger partial charge in [0.25, 0.3) is 0 Å². The number of carbonyl (C=O) groups excluding carboxylic acids is 2. The van der Waals surface area contributed by atoms with Crippen LogP contribution in [0.4, 0.5) is 4.79 Å². The van der Waals surface area contributed by atoms with Gasteiger partial charge in [-0.3, -0.25) is 4.79 Å². The van der Waals surface area contributed by atoms with Crippen molar-refractivity contribution < 1.29 is 24.6 Å². The molecule has 0 radical (unpaired) electrons. The van der Waals surface area contributed by atoms with E-state index in [1.165, 1.54) is 6.92 Å². The fourth-order valence-electron chi connectivity index (χ4n) is 1.78. The van der Waals surface area contributed by atoms with E-state index in [9.17, 15) is 19.5 Å². The van der Waals surface area contributed by atoms with Crippen LogP contribution >= 0.6 is 0 Å². The zero-order valence-corrected chi connectivity index (χ0v) is 10.0. The minimum Gasteiger partial charge on any atom is -0.480 e. The number of aliphatic hydroxyl groups excluding tert-OH is 1. The summed E-state index contributed by atoms with van der Waals surface area (Å²) < 4.78 is 0. The normalized spacial score (nSPS) is 22.7. The van der Waals surface area contributed by atoms with Crippen LogP contribution < -0.4 is 10.6 Å². The molecule has 0 aliphatic carbocycles. The van der Waals surface area contributed by atoms with Crippen molar-refractivity contribution in [1.29, 1.82) is 0 Å². The van der Waals surface area contributed by atoms with Gasteiger partial charge in [0.05, 0.1) is 6.10 Å². The van der Waals surface area contributed by atoms with Gasteiger partial charge in [0.1, 0.15) is 6.04 Å². The molecule has 4 N–H and O–H groups in total. The molecule has 18 heavy (non-hydrogen) atoms. The fraction of sp³-hybridized carbons (Fsp3) is 0.700. The predicted molar refractivity (Wildman–Crippen MR) is 60.8 cm³/mol. The van der Waals surface area contributed by atoms with Crippen molar-refractivity contribution in [2.75, 3.05) is 19.6 Å². The van der Waals surface area contributed by atoms with E-state index in [-0.39, 0.29) is 32.0 Å². The molecule has 1 rings (SSSR count). The van der Waals surface area contributed by atoms with Crippen molar-refractivity contribution in [3.8, 4) is 0 Å². The molecule has 3 amide bonds. The van der Waals surface area contributed by atoms with E-state index in [1.807, 2.05) is 0 Å². The third-order valence-electron chi connectivity index (χ3n) is 2.60. The molecule has 1 heterocycles. The summed E-state index contributed by atoms with van der Waals surface area (Å²) >= 11 is 0. The van der Waals surface area contributed by atoms with Crippen LogP contribution in [-0.2, 0) is 9.59 Å². The van der Waals surface area contributed by atoms with Crippen molar-refractivity contribution in [3.63, 3.8) is 0 Å². The Hall–Kier alpha value is -1.83. The number of nitrogens with one attached hydrogen (secondary N) is 2. The van der Waals surface area contributed by atoms with E-state index in [4.69, 9.17) is 5.11 Å². The predicted octanol–water partition coefficient (Wildman–Crippen LogP) is -1.65. The van der Waals surface area contributed by atoms with Gasteiger partial charge in [-0.15, -0.1) is 0 Å². The van der Waals surface area contributed by atoms with Crippen LogP contribution in [0.1, 0.15) is 13.3 Å². The highest BCUT2D eigenvalue weighted by Gasteiger charge is 2.38. The number of carboxylic acids is 1. The van der Waals surface area contributed by atoms with Gasteiger partial charge in [-0.1, -0.05) is 0 Å². The molecule has 1 fully saturated rings. The summed E-state index contributed by atoms with van der Waals surface area (Å²) in [6.07, 6.45) is -0.777. The molecule has 2 atom stereocenters. The average Bonchev–Trinajstić information content (AvgIpc) is 2.66. The van der Waals surface area contributed by atoms with Gasteiger partial charge in [-0.2, -0.15) is 0 Å². The number of aliphatic hydroxyl groups is 1. The van der Waals surface area contributed by atoms with Gasteiger partial charge in [-0.05, 0) is 0 Å². The zero-order chi connectivity index (χ0) is 13.7. The van der Waals surface area contributed by atoms with E-state index in [0.717, 1.165) is 4.90 Å². The second-order valence-electron chi connectivity index (χ2n) is 4.11. The number of carboxylic acid groups (broad SMARTS) is 1. The molecule has 0 aromatic rings. The van der Waals surface area contributed by atoms with Crippen LogP contribution in [0, 0.1) is 0 Å². The molecular formula is C10H17N3O5. The van der Waals surface area contributed by atoms with Gasteiger partial charge in [0.15, 0.2) is 0 Å². The van der Waals surface area contributed by atoms with Gasteiger partial charge >= 0.3 is 12.0 Å². The summed E-state index contributed by atoms with van der Waals surface area (Å²) in [7, 11) is 0. The molecule has 1 saturated heterocycles. The quantitative estimate of drug-likeness (QED) is 0.451. The molecular weight excluding hydrogens is 242 g/mol. The summed E-state index contributed by atoms with van der Waals surface area (Å²) in [5, 5.41) is 23.3. The maximum atomic E-state index is 11.7. The Bertz CT molecular complexity index is 346. The smallest absolute Gasteiger partial charge is 0.326 e. The first-order valence-corrected chi connectivity index (χ1v) is 5.61. The number of hydrogen-bond acceptors (Lipinski definition) is 4. The number of aliphatic carboxylic acids is 1. The molecule has 0 bridgehead atoms. The Morgan fingerprint density at radius 3 is 2.44 bits per heavy atom. The van der Waals surface area contributed by atoms with Crippen LogP contribution in [0.25, 0.3) is 0 Å². The van der Waals surface area contributed by atoms with Crippen LogP contribution in [0.5, 0.6) is 0 Å². The van der Waals surface area contributed by atoms with Gasteiger partial charge in [-0.25, -0.2) is 9.59 Å². The second-order valence-corrected chi connectivity index (χ2v) is 4.11. The Morgan fingerprint density at radius 2 is 1.89 bits per heavy atom. The maximum Gasteiger partial charge on any atom is 0.326 e.